The summed E-state index contributed by atoms with van der Waals surface area (Å²) in [6, 6.07) is 5.10. The average molecular weight is 418 g/mol. The standard InChI is InChI=1S/C16H20ClN3O2S3/c1-9(2)8-23-15-19-20-16(25-15)24-10(3)14(21)18-12-7-11(17)5-6-13(12)22-4/h5-7,9-10H,8H2,1-4H3,(H,18,21)/t10-/m1/s1. The fraction of sp³-hybridized carbons (Fsp3) is 0.438. The Balaban J connectivity index is 1.95. The Bertz CT molecular complexity index is 724. The smallest absolute Gasteiger partial charge is 0.237 e. The summed E-state index contributed by atoms with van der Waals surface area (Å²) in [5.41, 5.74) is 0.554. The van der Waals surface area contributed by atoms with Gasteiger partial charge in [-0.25, -0.2) is 0 Å². The van der Waals surface area contributed by atoms with Crippen molar-refractivity contribution in [3.8, 4) is 5.75 Å². The van der Waals surface area contributed by atoms with Crippen LogP contribution in [0.15, 0.2) is 26.9 Å². The molecule has 0 aliphatic rings. The molecule has 0 unspecified atom stereocenters. The number of thioether (sulfide) groups is 2. The number of ether oxygens (including phenoxy) is 1. The molecule has 0 bridgehead atoms. The minimum absolute atomic E-state index is 0.142. The molecule has 1 amide bonds. The van der Waals surface area contributed by atoms with Crippen molar-refractivity contribution in [3.05, 3.63) is 23.2 Å². The van der Waals surface area contributed by atoms with E-state index in [2.05, 4.69) is 29.4 Å². The van der Waals surface area contributed by atoms with Crippen molar-refractivity contribution in [2.24, 2.45) is 5.92 Å². The predicted molar refractivity (Wildman–Crippen MR) is 107 cm³/mol. The van der Waals surface area contributed by atoms with Gasteiger partial charge in [0.05, 0.1) is 18.0 Å². The first-order valence-corrected chi connectivity index (χ1v) is 10.7. The van der Waals surface area contributed by atoms with Gasteiger partial charge in [0.1, 0.15) is 5.75 Å². The van der Waals surface area contributed by atoms with E-state index in [1.165, 1.54) is 23.1 Å². The summed E-state index contributed by atoms with van der Waals surface area (Å²) < 4.78 is 6.96. The lowest BCUT2D eigenvalue weighted by atomic mass is 10.3. The van der Waals surface area contributed by atoms with E-state index in [1.54, 1.807) is 37.1 Å². The molecular weight excluding hydrogens is 398 g/mol. The van der Waals surface area contributed by atoms with E-state index < -0.39 is 0 Å². The van der Waals surface area contributed by atoms with Crippen LogP contribution in [0, 0.1) is 5.92 Å². The second-order valence-electron chi connectivity index (χ2n) is 5.63. The van der Waals surface area contributed by atoms with E-state index in [0.29, 0.717) is 22.4 Å². The van der Waals surface area contributed by atoms with Gasteiger partial charge >= 0.3 is 0 Å². The third kappa shape index (κ3) is 6.36. The molecule has 136 valence electrons. The number of amides is 1. The van der Waals surface area contributed by atoms with Crippen molar-refractivity contribution in [2.75, 3.05) is 18.2 Å². The Morgan fingerprint density at radius 2 is 2.04 bits per heavy atom. The molecule has 0 radical (unpaired) electrons. The van der Waals surface area contributed by atoms with Crippen LogP contribution < -0.4 is 10.1 Å². The highest BCUT2D eigenvalue weighted by Gasteiger charge is 2.19. The minimum Gasteiger partial charge on any atom is -0.495 e. The third-order valence-electron chi connectivity index (χ3n) is 2.99. The van der Waals surface area contributed by atoms with Crippen molar-refractivity contribution in [1.29, 1.82) is 0 Å². The SMILES string of the molecule is COc1ccc(Cl)cc1NC(=O)[C@@H](C)Sc1nnc(SCC(C)C)s1. The van der Waals surface area contributed by atoms with Crippen LogP contribution in [0.5, 0.6) is 5.75 Å². The molecule has 25 heavy (non-hydrogen) atoms. The number of anilines is 1. The monoisotopic (exact) mass is 417 g/mol. The lowest BCUT2D eigenvalue weighted by Gasteiger charge is -2.13. The van der Waals surface area contributed by atoms with Crippen molar-refractivity contribution in [2.45, 2.75) is 34.7 Å². The predicted octanol–water partition coefficient (Wildman–Crippen LogP) is 5.07. The summed E-state index contributed by atoms with van der Waals surface area (Å²) in [4.78, 5) is 12.4. The van der Waals surface area contributed by atoms with Crippen LogP contribution >= 0.6 is 46.5 Å². The molecule has 1 N–H and O–H groups in total. The first-order valence-electron chi connectivity index (χ1n) is 7.66. The number of nitrogens with one attached hydrogen (secondary N) is 1. The Kier molecular flexibility index (Phi) is 7.86. The van der Waals surface area contributed by atoms with Crippen LogP contribution in [0.25, 0.3) is 0 Å². The van der Waals surface area contributed by atoms with Gasteiger partial charge in [0, 0.05) is 10.8 Å². The van der Waals surface area contributed by atoms with Crippen LogP contribution in [-0.4, -0.2) is 34.2 Å². The summed E-state index contributed by atoms with van der Waals surface area (Å²) in [7, 11) is 1.55. The maximum atomic E-state index is 12.4. The molecule has 0 aliphatic heterocycles. The first kappa shape index (κ1) is 20.4. The third-order valence-corrected chi connectivity index (χ3v) is 6.90. The van der Waals surface area contributed by atoms with Crippen LogP contribution in [0.3, 0.4) is 0 Å². The molecule has 1 heterocycles. The van der Waals surface area contributed by atoms with Gasteiger partial charge in [0.2, 0.25) is 5.91 Å². The quantitative estimate of drug-likeness (QED) is 0.605. The number of nitrogens with zero attached hydrogens (tertiary/aromatic N) is 2. The summed E-state index contributed by atoms with van der Waals surface area (Å²) in [5, 5.41) is 11.4. The number of aromatic nitrogens is 2. The van der Waals surface area contributed by atoms with E-state index in [0.717, 1.165) is 14.4 Å². The topological polar surface area (TPSA) is 64.1 Å². The molecule has 1 aromatic carbocycles. The van der Waals surface area contributed by atoms with Gasteiger partial charge < -0.3 is 10.1 Å². The van der Waals surface area contributed by atoms with Gasteiger partial charge in [0.25, 0.3) is 0 Å². The van der Waals surface area contributed by atoms with Crippen LogP contribution in [-0.2, 0) is 4.79 Å². The molecule has 0 saturated heterocycles. The summed E-state index contributed by atoms with van der Waals surface area (Å²) in [6.45, 7) is 6.17. The van der Waals surface area contributed by atoms with E-state index in [1.807, 2.05) is 6.92 Å². The van der Waals surface area contributed by atoms with Gasteiger partial charge in [-0.15, -0.1) is 10.2 Å². The number of carbonyl (C=O) groups excluding carboxylic acids is 1. The second kappa shape index (κ2) is 9.66. The molecule has 1 aromatic heterocycles. The number of halogens is 1. The zero-order valence-electron chi connectivity index (χ0n) is 14.4. The minimum atomic E-state index is -0.320. The second-order valence-corrected chi connectivity index (χ2v) is 9.90. The highest BCUT2D eigenvalue weighted by molar-refractivity contribution is 8.03. The fourth-order valence-corrected chi connectivity index (χ4v) is 5.07. The lowest BCUT2D eigenvalue weighted by molar-refractivity contribution is -0.115. The number of rotatable bonds is 8. The molecule has 2 rings (SSSR count). The largest absolute Gasteiger partial charge is 0.495 e. The average Bonchev–Trinajstić information content (AvgIpc) is 3.00. The summed E-state index contributed by atoms with van der Waals surface area (Å²) >= 11 is 10.6. The molecule has 9 heteroatoms. The lowest BCUT2D eigenvalue weighted by Crippen LogP contribution is -2.22. The maximum absolute atomic E-state index is 12.4. The molecule has 0 saturated carbocycles. The van der Waals surface area contributed by atoms with Crippen molar-refractivity contribution >= 4 is 58.1 Å². The molecule has 0 spiro atoms. The number of benzene rings is 1. The highest BCUT2D eigenvalue weighted by atomic mass is 35.5. The Hall–Kier alpha value is -0.960. The van der Waals surface area contributed by atoms with Gasteiger partial charge in [-0.2, -0.15) is 0 Å². The fourth-order valence-electron chi connectivity index (χ4n) is 1.76. The molecular formula is C16H20ClN3O2S3. The first-order chi connectivity index (χ1) is 11.9. The van der Waals surface area contributed by atoms with E-state index in [-0.39, 0.29) is 11.2 Å². The Morgan fingerprint density at radius 1 is 1.32 bits per heavy atom. The molecule has 5 nitrogen and oxygen atoms in total. The number of hydrogen-bond acceptors (Lipinski definition) is 7. The molecule has 0 aliphatic carbocycles. The van der Waals surface area contributed by atoms with Crippen molar-refractivity contribution < 1.29 is 9.53 Å². The van der Waals surface area contributed by atoms with Crippen molar-refractivity contribution in [3.63, 3.8) is 0 Å². The van der Waals surface area contributed by atoms with E-state index in [9.17, 15) is 4.79 Å². The van der Waals surface area contributed by atoms with Crippen LogP contribution in [0.1, 0.15) is 20.8 Å². The molecule has 0 fully saturated rings. The van der Waals surface area contributed by atoms with Gasteiger partial charge in [0.15, 0.2) is 8.68 Å². The van der Waals surface area contributed by atoms with Gasteiger partial charge in [-0.1, -0.05) is 60.3 Å². The van der Waals surface area contributed by atoms with Crippen LogP contribution in [0.2, 0.25) is 5.02 Å². The Morgan fingerprint density at radius 3 is 2.72 bits per heavy atom. The van der Waals surface area contributed by atoms with Crippen molar-refractivity contribution in [1.82, 2.24) is 10.2 Å². The van der Waals surface area contributed by atoms with E-state index >= 15 is 0 Å². The number of hydrogen-bond donors (Lipinski definition) is 1. The zero-order chi connectivity index (χ0) is 18.4. The normalized spacial score (nSPS) is 12.2. The summed E-state index contributed by atoms with van der Waals surface area (Å²) in [5.74, 6) is 2.03. The molecule has 1 atom stereocenters. The zero-order valence-corrected chi connectivity index (χ0v) is 17.6. The van der Waals surface area contributed by atoms with E-state index in [4.69, 9.17) is 16.3 Å². The number of carbonyl (C=O) groups is 1. The maximum Gasteiger partial charge on any atom is 0.237 e. The summed E-state index contributed by atoms with van der Waals surface area (Å²) in [6.07, 6.45) is 0. The van der Waals surface area contributed by atoms with Gasteiger partial charge in [-0.05, 0) is 31.0 Å². The van der Waals surface area contributed by atoms with Gasteiger partial charge in [-0.3, -0.25) is 4.79 Å². The van der Waals surface area contributed by atoms with Crippen LogP contribution in [0.4, 0.5) is 5.69 Å². The Labute approximate surface area is 165 Å². The highest BCUT2D eigenvalue weighted by Crippen LogP contribution is 2.33. The number of methoxy groups -OCH3 is 1. The molecule has 2 aromatic rings.